The number of hydrogen-bond donors (Lipinski definition) is 2. The Labute approximate surface area is 239 Å². The first-order chi connectivity index (χ1) is 19.9. The first-order valence-electron chi connectivity index (χ1n) is 14.2. The van der Waals surface area contributed by atoms with Gasteiger partial charge in [0.05, 0.1) is 17.3 Å². The van der Waals surface area contributed by atoms with Crippen LogP contribution in [0.3, 0.4) is 0 Å². The minimum atomic E-state index is -0.526. The van der Waals surface area contributed by atoms with Gasteiger partial charge < -0.3 is 20.7 Å². The largest absolute Gasteiger partial charge is 0.467 e. The fourth-order valence-corrected chi connectivity index (χ4v) is 7.64. The Bertz CT molecular complexity index is 1590. The van der Waals surface area contributed by atoms with Crippen LogP contribution in [0.1, 0.15) is 32.1 Å². The molecule has 12 heteroatoms. The van der Waals surface area contributed by atoms with E-state index >= 15 is 4.39 Å². The molecule has 2 aromatic heterocycles. The number of thiazole rings is 1. The second kappa shape index (κ2) is 10.6. The average molecular weight is 584 g/mol. The minimum Gasteiger partial charge on any atom is -0.467 e. The molecule has 4 saturated heterocycles. The van der Waals surface area contributed by atoms with Crippen molar-refractivity contribution in [1.29, 1.82) is 0 Å². The Kier molecular flexibility index (Phi) is 6.87. The molecule has 4 fully saturated rings. The van der Waals surface area contributed by atoms with Crippen molar-refractivity contribution in [2.45, 2.75) is 56.4 Å². The third-order valence-corrected chi connectivity index (χ3v) is 9.62. The number of methoxy groups -OCH3 is 1. The standard InChI is InChI=1S/C22H20F2N6OS.C7H12FN/c1-31-22-28-17-14(20(29-22)30-8-10-2-3-11(9-30)26-10)5-4-12(16(17)24)13-6-7-15(23)19-18(13)27-21(25)32-19;8-6-4-7-2-1-3-9(7)5-6/h4-7,10-11,26H,2-3,8-9H2,1H3,(H2,25,27);6-7H,1-5H2. The number of halogens is 3. The molecule has 0 spiro atoms. The summed E-state index contributed by atoms with van der Waals surface area (Å²) < 4.78 is 48.4. The SMILES string of the molecule is COc1nc(N2CC3CCC(C2)N3)c2ccc(-c3ccc(F)c4sc(N)nc34)c(F)c2n1.FC1CC2CCCN2C1. The fraction of sp³-hybridized carbons (Fsp3) is 0.483. The molecule has 8 rings (SSSR count). The molecule has 4 unspecified atom stereocenters. The molecule has 2 aromatic carbocycles. The maximum atomic E-state index is 15.9. The zero-order chi connectivity index (χ0) is 28.2. The Morgan fingerprint density at radius 1 is 0.976 bits per heavy atom. The van der Waals surface area contributed by atoms with Crippen molar-refractivity contribution in [3.05, 3.63) is 35.9 Å². The van der Waals surface area contributed by atoms with Crippen LogP contribution in [0.2, 0.25) is 0 Å². The van der Waals surface area contributed by atoms with Gasteiger partial charge in [0.15, 0.2) is 10.9 Å². The minimum absolute atomic E-state index is 0.108. The number of nitrogen functional groups attached to an aromatic ring is 1. The molecule has 0 aliphatic carbocycles. The fourth-order valence-electron chi connectivity index (χ4n) is 6.87. The molecule has 2 bridgehead atoms. The summed E-state index contributed by atoms with van der Waals surface area (Å²) in [6.45, 7) is 3.45. The Morgan fingerprint density at radius 2 is 1.76 bits per heavy atom. The van der Waals surface area contributed by atoms with Crippen LogP contribution in [0.4, 0.5) is 24.1 Å². The van der Waals surface area contributed by atoms with Gasteiger partial charge in [-0.15, -0.1) is 0 Å². The van der Waals surface area contributed by atoms with E-state index in [9.17, 15) is 8.78 Å². The van der Waals surface area contributed by atoms with Crippen molar-refractivity contribution < 1.29 is 17.9 Å². The quantitative estimate of drug-likeness (QED) is 0.352. The number of benzene rings is 2. The van der Waals surface area contributed by atoms with Crippen LogP contribution in [0.25, 0.3) is 32.2 Å². The lowest BCUT2D eigenvalue weighted by Gasteiger charge is -2.34. The van der Waals surface area contributed by atoms with Crippen molar-refractivity contribution >= 4 is 43.4 Å². The molecule has 6 heterocycles. The monoisotopic (exact) mass is 583 g/mol. The first-order valence-corrected chi connectivity index (χ1v) is 15.0. The summed E-state index contributed by atoms with van der Waals surface area (Å²) in [6.07, 6.45) is 5.06. The van der Waals surface area contributed by atoms with Crippen LogP contribution < -0.4 is 20.7 Å². The summed E-state index contributed by atoms with van der Waals surface area (Å²) >= 11 is 1.04. The van der Waals surface area contributed by atoms with Crippen molar-refractivity contribution in [3.63, 3.8) is 0 Å². The second-order valence-electron chi connectivity index (χ2n) is 11.3. The van der Waals surface area contributed by atoms with Crippen LogP contribution in [0, 0.1) is 11.6 Å². The predicted octanol–water partition coefficient (Wildman–Crippen LogP) is 4.91. The number of aromatic nitrogens is 3. The van der Waals surface area contributed by atoms with Gasteiger partial charge in [0.25, 0.3) is 0 Å². The van der Waals surface area contributed by atoms with E-state index < -0.39 is 17.8 Å². The van der Waals surface area contributed by atoms with Gasteiger partial charge in [-0.25, -0.2) is 18.2 Å². The van der Waals surface area contributed by atoms with Crippen LogP contribution in [-0.2, 0) is 0 Å². The van der Waals surface area contributed by atoms with Crippen molar-refractivity contribution in [1.82, 2.24) is 25.2 Å². The van der Waals surface area contributed by atoms with Gasteiger partial charge in [0.2, 0.25) is 0 Å². The molecule has 41 heavy (non-hydrogen) atoms. The van der Waals surface area contributed by atoms with Crippen LogP contribution in [-0.4, -0.2) is 77.4 Å². The van der Waals surface area contributed by atoms with E-state index in [4.69, 9.17) is 10.5 Å². The van der Waals surface area contributed by atoms with E-state index in [1.54, 1.807) is 6.07 Å². The zero-order valence-electron chi connectivity index (χ0n) is 22.7. The van der Waals surface area contributed by atoms with Crippen LogP contribution in [0.5, 0.6) is 6.01 Å². The molecule has 4 atom stereocenters. The summed E-state index contributed by atoms with van der Waals surface area (Å²) in [5.74, 6) is -0.293. The lowest BCUT2D eigenvalue weighted by atomic mass is 10.0. The number of nitrogens with zero attached hydrogens (tertiary/aromatic N) is 5. The topological polar surface area (TPSA) is 92.4 Å². The summed E-state index contributed by atoms with van der Waals surface area (Å²) in [5, 5.41) is 4.44. The smallest absolute Gasteiger partial charge is 0.318 e. The number of nitrogens with two attached hydrogens (primary N) is 1. The van der Waals surface area contributed by atoms with Gasteiger partial charge in [0, 0.05) is 54.3 Å². The summed E-state index contributed by atoms with van der Waals surface area (Å²) in [7, 11) is 1.47. The number of fused-ring (bicyclic) bond motifs is 5. The molecule has 216 valence electrons. The predicted molar refractivity (Wildman–Crippen MR) is 155 cm³/mol. The molecule has 4 aliphatic rings. The molecule has 0 amide bonds. The van der Waals surface area contributed by atoms with Gasteiger partial charge in [-0.3, -0.25) is 4.90 Å². The highest BCUT2D eigenvalue weighted by atomic mass is 32.1. The van der Waals surface area contributed by atoms with Gasteiger partial charge in [-0.1, -0.05) is 17.4 Å². The number of alkyl halides is 1. The summed E-state index contributed by atoms with van der Waals surface area (Å²) in [6, 6.07) is 7.84. The van der Waals surface area contributed by atoms with E-state index in [0.29, 0.717) is 51.7 Å². The highest BCUT2D eigenvalue weighted by molar-refractivity contribution is 7.22. The normalized spacial score (nSPS) is 25.5. The lowest BCUT2D eigenvalue weighted by molar-refractivity contribution is 0.292. The summed E-state index contributed by atoms with van der Waals surface area (Å²) in [5.41, 5.74) is 7.05. The number of hydrogen-bond acceptors (Lipinski definition) is 9. The highest BCUT2D eigenvalue weighted by Crippen LogP contribution is 2.39. The summed E-state index contributed by atoms with van der Waals surface area (Å²) in [4.78, 5) is 17.6. The third-order valence-electron chi connectivity index (χ3n) is 8.73. The van der Waals surface area contributed by atoms with Crippen LogP contribution >= 0.6 is 11.3 Å². The number of rotatable bonds is 3. The van der Waals surface area contributed by atoms with E-state index in [2.05, 4.69) is 30.1 Å². The maximum Gasteiger partial charge on any atom is 0.318 e. The molecule has 8 nitrogen and oxygen atoms in total. The highest BCUT2D eigenvalue weighted by Gasteiger charge is 2.35. The maximum absolute atomic E-state index is 15.9. The number of ether oxygens (including phenoxy) is 1. The molecule has 3 N–H and O–H groups in total. The molecular weight excluding hydrogens is 551 g/mol. The number of piperazine rings is 1. The number of nitrogens with one attached hydrogen (secondary N) is 1. The third kappa shape index (κ3) is 4.85. The van der Waals surface area contributed by atoms with Gasteiger partial charge in [0.1, 0.15) is 23.3 Å². The second-order valence-corrected chi connectivity index (χ2v) is 12.4. The Morgan fingerprint density at radius 3 is 2.51 bits per heavy atom. The Balaban J connectivity index is 0.000000260. The van der Waals surface area contributed by atoms with Crippen LogP contribution in [0.15, 0.2) is 24.3 Å². The van der Waals surface area contributed by atoms with Gasteiger partial charge in [-0.05, 0) is 56.8 Å². The van der Waals surface area contributed by atoms with E-state index in [0.717, 1.165) is 50.2 Å². The first kappa shape index (κ1) is 26.7. The molecule has 0 saturated carbocycles. The van der Waals surface area contributed by atoms with Crippen molar-refractivity contribution in [2.24, 2.45) is 0 Å². The van der Waals surface area contributed by atoms with Gasteiger partial charge >= 0.3 is 6.01 Å². The van der Waals surface area contributed by atoms with Crippen molar-refractivity contribution in [3.8, 4) is 17.1 Å². The average Bonchev–Trinajstić information content (AvgIpc) is 3.73. The molecule has 0 radical (unpaired) electrons. The molecule has 4 aliphatic heterocycles. The van der Waals surface area contributed by atoms with Crippen molar-refractivity contribution in [2.75, 3.05) is 43.9 Å². The van der Waals surface area contributed by atoms with Gasteiger partial charge in [-0.2, -0.15) is 9.97 Å². The van der Waals surface area contributed by atoms with E-state index in [-0.39, 0.29) is 22.2 Å². The number of anilines is 2. The zero-order valence-corrected chi connectivity index (χ0v) is 23.6. The molecular formula is C29H32F3N7OS. The van der Waals surface area contributed by atoms with E-state index in [1.807, 2.05) is 6.07 Å². The molecule has 4 aromatic rings. The Hall–Kier alpha value is -3.22. The lowest BCUT2D eigenvalue weighted by Crippen LogP contribution is -2.51. The van der Waals surface area contributed by atoms with E-state index in [1.165, 1.54) is 32.1 Å².